The van der Waals surface area contributed by atoms with Gasteiger partial charge in [-0.3, -0.25) is 4.79 Å². The number of urea groups is 1. The van der Waals surface area contributed by atoms with Crippen molar-refractivity contribution in [3.63, 3.8) is 0 Å². The number of nitrogens with one attached hydrogen (secondary N) is 2. The largest absolute Gasteiger partial charge is 0.481 e. The predicted octanol–water partition coefficient (Wildman–Crippen LogP) is 3.35. The second-order valence-corrected chi connectivity index (χ2v) is 6.03. The molecule has 1 saturated carbocycles. The van der Waals surface area contributed by atoms with Crippen LogP contribution in [0.3, 0.4) is 0 Å². The second-order valence-electron chi connectivity index (χ2n) is 5.11. The molecule has 0 heterocycles. The summed E-state index contributed by atoms with van der Waals surface area (Å²) < 4.78 is 14.2. The van der Waals surface area contributed by atoms with E-state index in [1.165, 1.54) is 12.1 Å². The molecule has 0 radical (unpaired) electrons. The number of hydrogen-bond donors (Lipinski definition) is 3. The molecule has 1 aliphatic carbocycles. The first-order valence-electron chi connectivity index (χ1n) is 6.71. The number of halogens is 2. The molecule has 0 bridgehead atoms. The first-order valence-corrected chi connectivity index (χ1v) is 7.50. The highest BCUT2D eigenvalue weighted by molar-refractivity contribution is 9.10. The summed E-state index contributed by atoms with van der Waals surface area (Å²) in [4.78, 5) is 22.7. The highest BCUT2D eigenvalue weighted by Gasteiger charge is 2.26. The van der Waals surface area contributed by atoms with E-state index in [-0.39, 0.29) is 17.6 Å². The van der Waals surface area contributed by atoms with Crippen molar-refractivity contribution in [3.05, 3.63) is 28.5 Å². The van der Waals surface area contributed by atoms with E-state index < -0.39 is 17.8 Å². The van der Waals surface area contributed by atoms with E-state index in [9.17, 15) is 14.0 Å². The van der Waals surface area contributed by atoms with Gasteiger partial charge in [-0.05, 0) is 43.9 Å². The Morgan fingerprint density at radius 2 is 1.90 bits per heavy atom. The van der Waals surface area contributed by atoms with Gasteiger partial charge in [-0.25, -0.2) is 9.18 Å². The molecule has 3 N–H and O–H groups in total. The van der Waals surface area contributed by atoms with Crippen LogP contribution in [0.15, 0.2) is 22.7 Å². The van der Waals surface area contributed by atoms with Crippen LogP contribution < -0.4 is 10.6 Å². The average Bonchev–Trinajstić information content (AvgIpc) is 2.42. The third-order valence-corrected chi connectivity index (χ3v) is 4.08. The van der Waals surface area contributed by atoms with E-state index in [1.54, 1.807) is 6.07 Å². The molecule has 1 aromatic carbocycles. The van der Waals surface area contributed by atoms with Crippen molar-refractivity contribution in [1.82, 2.24) is 5.32 Å². The third-order valence-electron chi connectivity index (χ3n) is 3.59. The third kappa shape index (κ3) is 4.42. The Hall–Kier alpha value is -1.63. The molecular formula is C14H16BrFN2O3. The Morgan fingerprint density at radius 1 is 1.24 bits per heavy atom. The number of hydrogen-bond acceptors (Lipinski definition) is 2. The summed E-state index contributed by atoms with van der Waals surface area (Å²) in [6.45, 7) is 0. The SMILES string of the molecule is O=C(Nc1ccc(Br)cc1F)NC1CCC(C(=O)O)CC1. The Labute approximate surface area is 130 Å². The number of rotatable bonds is 3. The predicted molar refractivity (Wildman–Crippen MR) is 79.6 cm³/mol. The molecule has 0 unspecified atom stereocenters. The summed E-state index contributed by atoms with van der Waals surface area (Å²) in [7, 11) is 0. The average molecular weight is 359 g/mol. The van der Waals surface area contributed by atoms with Crippen LogP contribution in [0.1, 0.15) is 25.7 Å². The molecule has 21 heavy (non-hydrogen) atoms. The van der Waals surface area contributed by atoms with Gasteiger partial charge >= 0.3 is 12.0 Å². The topological polar surface area (TPSA) is 78.4 Å². The van der Waals surface area contributed by atoms with Crippen LogP contribution in [-0.4, -0.2) is 23.1 Å². The molecule has 2 rings (SSSR count). The maximum atomic E-state index is 13.6. The van der Waals surface area contributed by atoms with E-state index in [1.807, 2.05) is 0 Å². The van der Waals surface area contributed by atoms with Gasteiger partial charge in [0.1, 0.15) is 5.82 Å². The van der Waals surface area contributed by atoms with Gasteiger partial charge in [0, 0.05) is 10.5 Å². The lowest BCUT2D eigenvalue weighted by Gasteiger charge is -2.26. The molecule has 1 aromatic rings. The number of carboxylic acids is 1. The van der Waals surface area contributed by atoms with E-state index in [0.717, 1.165) is 0 Å². The van der Waals surface area contributed by atoms with Crippen molar-refractivity contribution >= 4 is 33.6 Å². The van der Waals surface area contributed by atoms with Crippen molar-refractivity contribution in [1.29, 1.82) is 0 Å². The first-order chi connectivity index (χ1) is 9.95. The first kappa shape index (κ1) is 15.8. The van der Waals surface area contributed by atoms with Gasteiger partial charge in [0.2, 0.25) is 0 Å². The number of amides is 2. The number of carboxylic acid groups (broad SMARTS) is 1. The molecule has 114 valence electrons. The number of anilines is 1. The van der Waals surface area contributed by atoms with Gasteiger partial charge < -0.3 is 15.7 Å². The van der Waals surface area contributed by atoms with Crippen LogP contribution in [0.5, 0.6) is 0 Å². The number of carbonyl (C=O) groups is 2. The smallest absolute Gasteiger partial charge is 0.319 e. The van der Waals surface area contributed by atoms with E-state index in [0.29, 0.717) is 30.2 Å². The van der Waals surface area contributed by atoms with Gasteiger partial charge in [0.05, 0.1) is 11.6 Å². The summed E-state index contributed by atoms with van der Waals surface area (Å²) >= 11 is 3.14. The monoisotopic (exact) mass is 358 g/mol. The van der Waals surface area contributed by atoms with E-state index >= 15 is 0 Å². The zero-order valence-corrected chi connectivity index (χ0v) is 12.8. The van der Waals surface area contributed by atoms with Crippen molar-refractivity contribution in [2.24, 2.45) is 5.92 Å². The normalized spacial score (nSPS) is 21.6. The Kier molecular flexibility index (Phi) is 5.17. The molecule has 1 fully saturated rings. The summed E-state index contributed by atoms with van der Waals surface area (Å²) in [5.41, 5.74) is 0.106. The van der Waals surface area contributed by atoms with Crippen LogP contribution in [-0.2, 0) is 4.79 Å². The highest BCUT2D eigenvalue weighted by Crippen LogP contribution is 2.24. The van der Waals surface area contributed by atoms with Gasteiger partial charge in [-0.15, -0.1) is 0 Å². The van der Waals surface area contributed by atoms with Crippen LogP contribution >= 0.6 is 15.9 Å². The van der Waals surface area contributed by atoms with Crippen LogP contribution in [0.2, 0.25) is 0 Å². The minimum absolute atomic E-state index is 0.0703. The van der Waals surface area contributed by atoms with Gasteiger partial charge in [-0.2, -0.15) is 0 Å². The lowest BCUT2D eigenvalue weighted by molar-refractivity contribution is -0.142. The second kappa shape index (κ2) is 6.89. The molecule has 7 heteroatoms. The van der Waals surface area contributed by atoms with Crippen molar-refractivity contribution in [3.8, 4) is 0 Å². The lowest BCUT2D eigenvalue weighted by Crippen LogP contribution is -2.41. The maximum Gasteiger partial charge on any atom is 0.319 e. The molecular weight excluding hydrogens is 343 g/mol. The molecule has 1 aliphatic rings. The maximum absolute atomic E-state index is 13.6. The van der Waals surface area contributed by atoms with E-state index in [4.69, 9.17) is 5.11 Å². The molecule has 0 aromatic heterocycles. The molecule has 0 atom stereocenters. The Bertz CT molecular complexity index is 545. The van der Waals surface area contributed by atoms with Gasteiger partial charge in [-0.1, -0.05) is 15.9 Å². The number of benzene rings is 1. The fraction of sp³-hybridized carbons (Fsp3) is 0.429. The van der Waals surface area contributed by atoms with Crippen molar-refractivity contribution < 1.29 is 19.1 Å². The quantitative estimate of drug-likeness (QED) is 0.775. The Morgan fingerprint density at radius 3 is 2.48 bits per heavy atom. The fourth-order valence-electron chi connectivity index (χ4n) is 2.42. The standard InChI is InChI=1S/C14H16BrFN2O3/c15-9-3-6-12(11(16)7-9)18-14(21)17-10-4-1-8(2-5-10)13(19)20/h3,6-8,10H,1-2,4-5H2,(H,19,20)(H2,17,18,21). The zero-order chi connectivity index (χ0) is 15.4. The minimum atomic E-state index is -0.783. The number of aliphatic carboxylic acids is 1. The van der Waals surface area contributed by atoms with Crippen LogP contribution in [0.25, 0.3) is 0 Å². The molecule has 0 saturated heterocycles. The molecule has 0 aliphatic heterocycles. The summed E-state index contributed by atoms with van der Waals surface area (Å²) in [6, 6.07) is 3.83. The highest BCUT2D eigenvalue weighted by atomic mass is 79.9. The Balaban J connectivity index is 1.84. The van der Waals surface area contributed by atoms with Crippen molar-refractivity contribution in [2.75, 3.05) is 5.32 Å². The summed E-state index contributed by atoms with van der Waals surface area (Å²) in [6.07, 6.45) is 2.33. The summed E-state index contributed by atoms with van der Waals surface area (Å²) in [5, 5.41) is 14.1. The molecule has 5 nitrogen and oxygen atoms in total. The minimum Gasteiger partial charge on any atom is -0.481 e. The van der Waals surface area contributed by atoms with Gasteiger partial charge in [0.15, 0.2) is 0 Å². The fourth-order valence-corrected chi connectivity index (χ4v) is 2.75. The zero-order valence-electron chi connectivity index (χ0n) is 11.2. The van der Waals surface area contributed by atoms with Crippen molar-refractivity contribution in [2.45, 2.75) is 31.7 Å². The van der Waals surface area contributed by atoms with E-state index in [2.05, 4.69) is 26.6 Å². The molecule has 2 amide bonds. The summed E-state index contributed by atoms with van der Waals surface area (Å²) in [5.74, 6) is -1.63. The van der Waals surface area contributed by atoms with Gasteiger partial charge in [0.25, 0.3) is 0 Å². The lowest BCUT2D eigenvalue weighted by atomic mass is 9.86. The molecule has 0 spiro atoms. The van der Waals surface area contributed by atoms with Crippen LogP contribution in [0.4, 0.5) is 14.9 Å². The number of carbonyl (C=O) groups excluding carboxylic acids is 1. The van der Waals surface area contributed by atoms with Crippen LogP contribution in [0, 0.1) is 11.7 Å².